The van der Waals surface area contributed by atoms with Crippen LogP contribution < -0.4 is 5.32 Å². The van der Waals surface area contributed by atoms with E-state index in [1.165, 1.54) is 6.42 Å². The van der Waals surface area contributed by atoms with E-state index in [0.717, 1.165) is 35.5 Å². The molecule has 0 aromatic carbocycles. The van der Waals surface area contributed by atoms with Gasteiger partial charge in [-0.25, -0.2) is 9.97 Å². The van der Waals surface area contributed by atoms with E-state index in [0.29, 0.717) is 6.61 Å². The fourth-order valence-corrected chi connectivity index (χ4v) is 2.04. The Bertz CT molecular complexity index is 523. The van der Waals surface area contributed by atoms with Crippen molar-refractivity contribution in [2.24, 2.45) is 0 Å². The summed E-state index contributed by atoms with van der Waals surface area (Å²) >= 11 is 0. The molecule has 19 heavy (non-hydrogen) atoms. The molecule has 2 N–H and O–H groups in total. The smallest absolute Gasteiger partial charge is 0.143 e. The van der Waals surface area contributed by atoms with E-state index in [9.17, 15) is 0 Å². The van der Waals surface area contributed by atoms with Crippen LogP contribution in [0.1, 0.15) is 45.4 Å². The topological polar surface area (TPSA) is 62.8 Å². The highest BCUT2D eigenvalue weighted by Gasteiger charge is 2.12. The Labute approximate surface area is 113 Å². The molecule has 0 bridgehead atoms. The van der Waals surface area contributed by atoms with Gasteiger partial charge in [0.25, 0.3) is 0 Å². The van der Waals surface area contributed by atoms with Crippen molar-refractivity contribution in [1.29, 1.82) is 0 Å². The maximum Gasteiger partial charge on any atom is 0.143 e. The number of fused-ring (bicyclic) bond motifs is 1. The van der Waals surface area contributed by atoms with Gasteiger partial charge in [-0.2, -0.15) is 0 Å². The Morgan fingerprint density at radius 3 is 2.95 bits per heavy atom. The molecule has 0 aliphatic heterocycles. The molecule has 0 aliphatic rings. The summed E-state index contributed by atoms with van der Waals surface area (Å²) in [6, 6.07) is 2.07. The van der Waals surface area contributed by atoms with Gasteiger partial charge in [-0.3, -0.25) is 0 Å². The minimum atomic E-state index is 0.0442. The Kier molecular flexibility index (Phi) is 4.74. The molecule has 2 aromatic rings. The van der Waals surface area contributed by atoms with Crippen LogP contribution in [0.2, 0.25) is 0 Å². The van der Waals surface area contributed by atoms with Gasteiger partial charge < -0.3 is 15.0 Å². The van der Waals surface area contributed by atoms with Crippen LogP contribution in [-0.2, 0) is 4.74 Å². The Balaban J connectivity index is 2.23. The summed E-state index contributed by atoms with van der Waals surface area (Å²) in [7, 11) is 0. The molecule has 2 heterocycles. The fourth-order valence-electron chi connectivity index (χ4n) is 2.04. The molecule has 1 atom stereocenters. The van der Waals surface area contributed by atoms with Crippen LogP contribution in [-0.4, -0.2) is 28.1 Å². The van der Waals surface area contributed by atoms with Gasteiger partial charge in [-0.05, 0) is 26.3 Å². The first kappa shape index (κ1) is 13.8. The van der Waals surface area contributed by atoms with Crippen molar-refractivity contribution in [2.45, 2.75) is 39.7 Å². The number of aromatic amines is 1. The average Bonchev–Trinajstić information content (AvgIpc) is 2.84. The van der Waals surface area contributed by atoms with Crippen LogP contribution in [0.4, 0.5) is 5.82 Å². The van der Waals surface area contributed by atoms with E-state index in [-0.39, 0.29) is 6.10 Å². The molecule has 0 radical (unpaired) electrons. The standard InChI is InChI=1S/C14H22N4O/c1-4-6-7-15-13-11-8-12(10(3)19-5-2)18-14(11)17-9-16-13/h8-10H,4-7H2,1-3H3,(H2,15,16,17,18). The summed E-state index contributed by atoms with van der Waals surface area (Å²) in [5.41, 5.74) is 1.89. The van der Waals surface area contributed by atoms with Crippen molar-refractivity contribution in [3.05, 3.63) is 18.1 Å². The van der Waals surface area contributed by atoms with Crippen LogP contribution in [0.5, 0.6) is 0 Å². The van der Waals surface area contributed by atoms with Crippen molar-refractivity contribution in [3.63, 3.8) is 0 Å². The molecule has 2 rings (SSSR count). The number of aromatic nitrogens is 3. The van der Waals surface area contributed by atoms with Crippen LogP contribution >= 0.6 is 0 Å². The summed E-state index contributed by atoms with van der Waals surface area (Å²) in [5, 5.41) is 4.39. The number of hydrogen-bond donors (Lipinski definition) is 2. The van der Waals surface area contributed by atoms with E-state index in [1.54, 1.807) is 6.33 Å². The molecule has 5 heteroatoms. The monoisotopic (exact) mass is 262 g/mol. The summed E-state index contributed by atoms with van der Waals surface area (Å²) < 4.78 is 5.60. The van der Waals surface area contributed by atoms with E-state index in [1.807, 2.05) is 13.8 Å². The van der Waals surface area contributed by atoms with E-state index in [4.69, 9.17) is 4.74 Å². The number of nitrogens with zero attached hydrogens (tertiary/aromatic N) is 2. The molecule has 0 aliphatic carbocycles. The SMILES string of the molecule is CCCCNc1ncnc2[nH]c(C(C)OCC)cc12. The maximum atomic E-state index is 5.60. The quantitative estimate of drug-likeness (QED) is 0.752. The van der Waals surface area contributed by atoms with Crippen molar-refractivity contribution < 1.29 is 4.74 Å². The van der Waals surface area contributed by atoms with E-state index >= 15 is 0 Å². The number of rotatable bonds is 7. The van der Waals surface area contributed by atoms with Crippen LogP contribution in [0, 0.1) is 0 Å². The van der Waals surface area contributed by atoms with Gasteiger partial charge in [0.15, 0.2) is 0 Å². The molecular weight excluding hydrogens is 240 g/mol. The lowest BCUT2D eigenvalue weighted by atomic mass is 10.2. The lowest BCUT2D eigenvalue weighted by molar-refractivity contribution is 0.0739. The Morgan fingerprint density at radius 1 is 1.37 bits per heavy atom. The van der Waals surface area contributed by atoms with Crippen molar-refractivity contribution in [1.82, 2.24) is 15.0 Å². The molecular formula is C14H22N4O. The summed E-state index contributed by atoms with van der Waals surface area (Å²) in [5.74, 6) is 0.893. The van der Waals surface area contributed by atoms with Crippen molar-refractivity contribution >= 4 is 16.9 Å². The summed E-state index contributed by atoms with van der Waals surface area (Å²) in [4.78, 5) is 11.9. The fraction of sp³-hybridized carbons (Fsp3) is 0.571. The van der Waals surface area contributed by atoms with Crippen LogP contribution in [0.25, 0.3) is 11.0 Å². The normalized spacial score (nSPS) is 12.8. The van der Waals surface area contributed by atoms with Crippen LogP contribution in [0.3, 0.4) is 0 Å². The predicted molar refractivity (Wildman–Crippen MR) is 77.3 cm³/mol. The third kappa shape index (κ3) is 3.23. The molecule has 0 saturated heterocycles. The molecule has 0 saturated carbocycles. The summed E-state index contributed by atoms with van der Waals surface area (Å²) in [6.45, 7) is 7.84. The van der Waals surface area contributed by atoms with Crippen molar-refractivity contribution in [3.8, 4) is 0 Å². The highest BCUT2D eigenvalue weighted by Crippen LogP contribution is 2.24. The number of anilines is 1. The molecule has 0 spiro atoms. The zero-order valence-electron chi connectivity index (χ0n) is 11.9. The number of ether oxygens (including phenoxy) is 1. The highest BCUT2D eigenvalue weighted by atomic mass is 16.5. The molecule has 5 nitrogen and oxygen atoms in total. The predicted octanol–water partition coefficient (Wildman–Crippen LogP) is 3.27. The van der Waals surface area contributed by atoms with Gasteiger partial charge >= 0.3 is 0 Å². The number of hydrogen-bond acceptors (Lipinski definition) is 4. The minimum Gasteiger partial charge on any atom is -0.373 e. The molecule has 104 valence electrons. The molecule has 0 fully saturated rings. The average molecular weight is 262 g/mol. The third-order valence-corrected chi connectivity index (χ3v) is 3.12. The minimum absolute atomic E-state index is 0.0442. The lowest BCUT2D eigenvalue weighted by Gasteiger charge is -2.08. The van der Waals surface area contributed by atoms with Gasteiger partial charge in [0, 0.05) is 18.8 Å². The highest BCUT2D eigenvalue weighted by molar-refractivity contribution is 5.87. The van der Waals surface area contributed by atoms with E-state index < -0.39 is 0 Å². The first-order chi connectivity index (χ1) is 9.26. The first-order valence-electron chi connectivity index (χ1n) is 6.95. The number of nitrogens with one attached hydrogen (secondary N) is 2. The molecule has 1 unspecified atom stereocenters. The van der Waals surface area contributed by atoms with Gasteiger partial charge in [-0.1, -0.05) is 13.3 Å². The van der Waals surface area contributed by atoms with Gasteiger partial charge in [-0.15, -0.1) is 0 Å². The van der Waals surface area contributed by atoms with Gasteiger partial charge in [0.1, 0.15) is 17.8 Å². The van der Waals surface area contributed by atoms with Crippen molar-refractivity contribution in [2.75, 3.05) is 18.5 Å². The van der Waals surface area contributed by atoms with E-state index in [2.05, 4.69) is 33.3 Å². The second-order valence-electron chi connectivity index (χ2n) is 4.59. The zero-order valence-corrected chi connectivity index (χ0v) is 11.9. The third-order valence-electron chi connectivity index (χ3n) is 3.12. The summed E-state index contributed by atoms with van der Waals surface area (Å²) in [6.07, 6.45) is 3.93. The van der Waals surface area contributed by atoms with Crippen LogP contribution in [0.15, 0.2) is 12.4 Å². The second kappa shape index (κ2) is 6.52. The Morgan fingerprint density at radius 2 is 2.21 bits per heavy atom. The second-order valence-corrected chi connectivity index (χ2v) is 4.59. The Hall–Kier alpha value is -1.62. The van der Waals surface area contributed by atoms with Gasteiger partial charge in [0.05, 0.1) is 11.5 Å². The number of H-pyrrole nitrogens is 1. The first-order valence-corrected chi connectivity index (χ1v) is 6.95. The lowest BCUT2D eigenvalue weighted by Crippen LogP contribution is -2.03. The largest absolute Gasteiger partial charge is 0.373 e. The molecule has 2 aromatic heterocycles. The maximum absolute atomic E-state index is 5.60. The number of unbranched alkanes of at least 4 members (excludes halogenated alkanes) is 1. The zero-order chi connectivity index (χ0) is 13.7. The molecule has 0 amide bonds. The van der Waals surface area contributed by atoms with Gasteiger partial charge in [0.2, 0.25) is 0 Å².